The summed E-state index contributed by atoms with van der Waals surface area (Å²) in [5, 5.41) is 4.63. The number of hydrogen-bond donors (Lipinski definition) is 0. The number of Topliss-reactive ketones (excluding diaryl/α,β-unsaturated/α-hetero) is 1. The minimum absolute atomic E-state index is 0.00829. The number of ether oxygens (including phenoxy) is 2. The summed E-state index contributed by atoms with van der Waals surface area (Å²) in [6.45, 7) is 0. The Morgan fingerprint density at radius 2 is 1.83 bits per heavy atom. The Kier molecular flexibility index (Phi) is 5.42. The van der Waals surface area contributed by atoms with Crippen molar-refractivity contribution in [1.82, 2.24) is 9.78 Å². The zero-order valence-electron chi connectivity index (χ0n) is 16.2. The van der Waals surface area contributed by atoms with E-state index in [2.05, 4.69) is 5.10 Å². The molecule has 0 spiro atoms. The van der Waals surface area contributed by atoms with Gasteiger partial charge in [-0.05, 0) is 55.7 Å². The Labute approximate surface area is 169 Å². The average molecular weight is 390 g/mol. The number of carbonyl (C=O) groups is 2. The monoisotopic (exact) mass is 390 g/mol. The molecule has 0 amide bonds. The lowest BCUT2D eigenvalue weighted by Crippen LogP contribution is -2.30. The van der Waals surface area contributed by atoms with Gasteiger partial charge in [-0.3, -0.25) is 4.79 Å². The molecule has 1 aliphatic carbocycles. The van der Waals surface area contributed by atoms with E-state index in [0.29, 0.717) is 29.8 Å². The first-order chi connectivity index (χ1) is 14.2. The first-order valence-corrected chi connectivity index (χ1v) is 9.69. The van der Waals surface area contributed by atoms with Crippen LogP contribution in [-0.4, -0.2) is 34.7 Å². The number of esters is 1. The zero-order chi connectivity index (χ0) is 20.2. The molecule has 6 heteroatoms. The van der Waals surface area contributed by atoms with Crippen LogP contribution in [0, 0.1) is 0 Å². The fraction of sp³-hybridized carbons (Fsp3) is 0.261. The number of nitrogens with zero attached hydrogens (tertiary/aromatic N) is 2. The van der Waals surface area contributed by atoms with Crippen LogP contribution in [0.2, 0.25) is 0 Å². The molecular formula is C23H22N2O4. The predicted octanol–water partition coefficient (Wildman–Crippen LogP) is 4.22. The van der Waals surface area contributed by atoms with Gasteiger partial charge in [0.1, 0.15) is 17.0 Å². The third-order valence-corrected chi connectivity index (χ3v) is 5.07. The van der Waals surface area contributed by atoms with Gasteiger partial charge in [0.15, 0.2) is 11.9 Å². The van der Waals surface area contributed by atoms with Gasteiger partial charge in [0, 0.05) is 18.2 Å². The third kappa shape index (κ3) is 4.06. The minimum atomic E-state index is -0.667. The molecule has 6 nitrogen and oxygen atoms in total. The molecule has 0 N–H and O–H groups in total. The lowest BCUT2D eigenvalue weighted by Gasteiger charge is -2.20. The van der Waals surface area contributed by atoms with Crippen molar-refractivity contribution in [2.24, 2.45) is 0 Å². The Morgan fingerprint density at radius 3 is 2.52 bits per heavy atom. The van der Waals surface area contributed by atoms with Gasteiger partial charge in [0.2, 0.25) is 0 Å². The van der Waals surface area contributed by atoms with E-state index in [1.54, 1.807) is 18.0 Å². The van der Waals surface area contributed by atoms with Crippen molar-refractivity contribution in [2.45, 2.75) is 31.8 Å². The van der Waals surface area contributed by atoms with Crippen LogP contribution in [0.15, 0.2) is 60.8 Å². The highest BCUT2D eigenvalue weighted by Gasteiger charge is 2.28. The summed E-state index contributed by atoms with van der Waals surface area (Å²) < 4.78 is 12.4. The largest absolute Gasteiger partial charge is 0.497 e. The summed E-state index contributed by atoms with van der Waals surface area (Å²) in [5.41, 5.74) is 2.43. The smallest absolute Gasteiger partial charge is 0.342 e. The summed E-state index contributed by atoms with van der Waals surface area (Å²) in [7, 11) is 1.60. The summed E-state index contributed by atoms with van der Waals surface area (Å²) in [6, 6.07) is 16.9. The Bertz CT molecular complexity index is 1010. The van der Waals surface area contributed by atoms with Gasteiger partial charge in [-0.25, -0.2) is 9.48 Å². The Morgan fingerprint density at radius 1 is 1.07 bits per heavy atom. The highest BCUT2D eigenvalue weighted by Crippen LogP contribution is 2.27. The summed E-state index contributed by atoms with van der Waals surface area (Å²) in [4.78, 5) is 25.1. The summed E-state index contributed by atoms with van der Waals surface area (Å²) in [6.07, 6.45) is 3.78. The van der Waals surface area contributed by atoms with Crippen LogP contribution in [0.25, 0.3) is 16.9 Å². The molecule has 0 saturated heterocycles. The van der Waals surface area contributed by atoms with Crippen LogP contribution in [0.3, 0.4) is 0 Å². The first-order valence-electron chi connectivity index (χ1n) is 9.69. The second-order valence-corrected chi connectivity index (χ2v) is 7.01. The molecule has 0 radical (unpaired) electrons. The van der Waals surface area contributed by atoms with E-state index >= 15 is 0 Å². The molecule has 1 aromatic heterocycles. The van der Waals surface area contributed by atoms with E-state index in [-0.39, 0.29) is 5.78 Å². The molecule has 0 aliphatic heterocycles. The average Bonchev–Trinajstić information content (AvgIpc) is 3.22. The van der Waals surface area contributed by atoms with Crippen molar-refractivity contribution in [3.8, 4) is 22.7 Å². The van der Waals surface area contributed by atoms with Crippen molar-refractivity contribution in [1.29, 1.82) is 0 Å². The van der Waals surface area contributed by atoms with Gasteiger partial charge >= 0.3 is 5.97 Å². The third-order valence-electron chi connectivity index (χ3n) is 5.07. The van der Waals surface area contributed by atoms with E-state index in [1.165, 1.54) is 0 Å². The Balaban J connectivity index is 1.71. The molecule has 2 aromatic carbocycles. The number of ketones is 1. The second kappa shape index (κ2) is 8.31. The lowest BCUT2D eigenvalue weighted by molar-refractivity contribution is -0.129. The number of rotatable bonds is 5. The normalized spacial score (nSPS) is 16.4. The highest BCUT2D eigenvalue weighted by molar-refractivity contribution is 5.98. The van der Waals surface area contributed by atoms with Crippen LogP contribution in [0.4, 0.5) is 0 Å². The van der Waals surface area contributed by atoms with Gasteiger partial charge in [-0.1, -0.05) is 18.2 Å². The molecule has 1 unspecified atom stereocenters. The molecule has 1 fully saturated rings. The van der Waals surface area contributed by atoms with Gasteiger partial charge in [-0.2, -0.15) is 5.10 Å². The maximum Gasteiger partial charge on any atom is 0.342 e. The van der Waals surface area contributed by atoms with Crippen LogP contribution in [-0.2, 0) is 9.53 Å². The van der Waals surface area contributed by atoms with E-state index in [1.807, 2.05) is 54.6 Å². The first kappa shape index (κ1) is 18.9. The molecule has 1 heterocycles. The van der Waals surface area contributed by atoms with Crippen molar-refractivity contribution in [3.05, 3.63) is 66.4 Å². The van der Waals surface area contributed by atoms with Crippen LogP contribution in [0.5, 0.6) is 5.75 Å². The summed E-state index contributed by atoms with van der Waals surface area (Å²) >= 11 is 0. The van der Waals surface area contributed by atoms with Crippen molar-refractivity contribution in [3.63, 3.8) is 0 Å². The maximum absolute atomic E-state index is 13.0. The molecule has 1 aliphatic rings. The fourth-order valence-electron chi connectivity index (χ4n) is 3.47. The van der Waals surface area contributed by atoms with Crippen LogP contribution in [0.1, 0.15) is 36.0 Å². The van der Waals surface area contributed by atoms with Crippen molar-refractivity contribution in [2.75, 3.05) is 7.11 Å². The van der Waals surface area contributed by atoms with Gasteiger partial charge in [0.05, 0.1) is 12.8 Å². The second-order valence-electron chi connectivity index (χ2n) is 7.01. The number of aromatic nitrogens is 2. The Hall–Kier alpha value is -3.41. The van der Waals surface area contributed by atoms with Gasteiger partial charge in [0.25, 0.3) is 0 Å². The summed E-state index contributed by atoms with van der Waals surface area (Å²) in [5.74, 6) is 0.178. The van der Waals surface area contributed by atoms with Crippen LogP contribution < -0.4 is 4.74 Å². The zero-order valence-corrected chi connectivity index (χ0v) is 16.2. The van der Waals surface area contributed by atoms with Crippen molar-refractivity contribution < 1.29 is 19.1 Å². The van der Waals surface area contributed by atoms with E-state index < -0.39 is 12.1 Å². The molecule has 148 valence electrons. The minimum Gasteiger partial charge on any atom is -0.497 e. The fourth-order valence-corrected chi connectivity index (χ4v) is 3.47. The van der Waals surface area contributed by atoms with E-state index in [9.17, 15) is 9.59 Å². The molecule has 29 heavy (non-hydrogen) atoms. The highest BCUT2D eigenvalue weighted by atomic mass is 16.5. The number of para-hydroxylation sites is 1. The molecular weight excluding hydrogens is 368 g/mol. The standard InChI is InChI=1S/C23H22N2O4/c1-28-18-13-11-16(12-14-18)22-19(15-25(24-22)17-7-3-2-4-8-17)23(27)29-21-10-6-5-9-20(21)26/h2-4,7-8,11-15,21H,5-6,9-10H2,1H3. The lowest BCUT2D eigenvalue weighted by atomic mass is 9.96. The molecule has 3 aromatic rings. The van der Waals surface area contributed by atoms with E-state index in [4.69, 9.17) is 9.47 Å². The van der Waals surface area contributed by atoms with Gasteiger partial charge < -0.3 is 9.47 Å². The predicted molar refractivity (Wildman–Crippen MR) is 108 cm³/mol. The SMILES string of the molecule is COc1ccc(-c2nn(-c3ccccc3)cc2C(=O)OC2CCCCC2=O)cc1. The molecule has 1 atom stereocenters. The number of methoxy groups -OCH3 is 1. The molecule has 0 bridgehead atoms. The molecule has 4 rings (SSSR count). The van der Waals surface area contributed by atoms with E-state index in [0.717, 1.165) is 24.1 Å². The number of benzene rings is 2. The van der Waals surface area contributed by atoms with Crippen molar-refractivity contribution >= 4 is 11.8 Å². The number of hydrogen-bond acceptors (Lipinski definition) is 5. The quantitative estimate of drug-likeness (QED) is 0.610. The maximum atomic E-state index is 13.0. The molecule has 1 saturated carbocycles. The van der Waals surface area contributed by atoms with Gasteiger partial charge in [-0.15, -0.1) is 0 Å². The topological polar surface area (TPSA) is 70.4 Å². The van der Waals surface area contributed by atoms with Crippen LogP contribution >= 0.6 is 0 Å². The number of carbonyl (C=O) groups excluding carboxylic acids is 2.